The SMILES string of the molecule is CCOC(=O)c1c(NC(=O)C(CC)OC(=O)c2ccc3nc(-c4ccc(OC)cc4)[nH]c3c2)sc2c1CCCCC2. The minimum absolute atomic E-state index is 0.244. The van der Waals surface area contributed by atoms with Gasteiger partial charge in [-0.1, -0.05) is 13.3 Å². The summed E-state index contributed by atoms with van der Waals surface area (Å²) in [4.78, 5) is 48.2. The summed E-state index contributed by atoms with van der Waals surface area (Å²) in [6, 6.07) is 12.5. The zero-order valence-corrected chi connectivity index (χ0v) is 24.2. The molecule has 0 saturated carbocycles. The number of rotatable bonds is 9. The Morgan fingerprint density at radius 2 is 1.80 bits per heavy atom. The Balaban J connectivity index is 1.32. The van der Waals surface area contributed by atoms with E-state index in [1.807, 2.05) is 24.3 Å². The number of imidazole rings is 1. The maximum atomic E-state index is 13.3. The number of aromatic nitrogens is 2. The number of nitrogens with zero attached hydrogens (tertiary/aromatic N) is 1. The fourth-order valence-electron chi connectivity index (χ4n) is 4.98. The highest BCUT2D eigenvalue weighted by Gasteiger charge is 2.29. The predicted octanol–water partition coefficient (Wildman–Crippen LogP) is 6.32. The van der Waals surface area contributed by atoms with Gasteiger partial charge >= 0.3 is 11.9 Å². The third-order valence-corrected chi connectivity index (χ3v) is 8.34. The molecule has 0 spiro atoms. The van der Waals surface area contributed by atoms with E-state index in [0.29, 0.717) is 33.0 Å². The second kappa shape index (κ2) is 12.6. The number of carbonyl (C=O) groups is 3. The van der Waals surface area contributed by atoms with Crippen LogP contribution in [-0.4, -0.2) is 47.6 Å². The van der Waals surface area contributed by atoms with Gasteiger partial charge in [-0.25, -0.2) is 14.6 Å². The zero-order valence-electron chi connectivity index (χ0n) is 23.4. The van der Waals surface area contributed by atoms with Gasteiger partial charge in [0, 0.05) is 10.4 Å². The van der Waals surface area contributed by atoms with E-state index < -0.39 is 23.9 Å². The van der Waals surface area contributed by atoms with Crippen molar-refractivity contribution in [3.8, 4) is 17.1 Å². The van der Waals surface area contributed by atoms with Gasteiger partial charge in [-0.05, 0) is 87.1 Å². The van der Waals surface area contributed by atoms with Crippen molar-refractivity contribution in [1.82, 2.24) is 9.97 Å². The molecule has 10 heteroatoms. The van der Waals surface area contributed by atoms with Crippen molar-refractivity contribution in [1.29, 1.82) is 0 Å². The number of aromatic amines is 1. The van der Waals surface area contributed by atoms with Crippen molar-refractivity contribution in [3.63, 3.8) is 0 Å². The maximum Gasteiger partial charge on any atom is 0.341 e. The van der Waals surface area contributed by atoms with Gasteiger partial charge in [0.1, 0.15) is 16.6 Å². The smallest absolute Gasteiger partial charge is 0.341 e. The number of fused-ring (bicyclic) bond motifs is 2. The molecule has 0 saturated heterocycles. The first kappa shape index (κ1) is 28.4. The van der Waals surface area contributed by atoms with Crippen LogP contribution in [0.1, 0.15) is 70.7 Å². The number of thiophene rings is 1. The van der Waals surface area contributed by atoms with Gasteiger partial charge < -0.3 is 24.5 Å². The highest BCUT2D eigenvalue weighted by atomic mass is 32.1. The molecule has 5 rings (SSSR count). The predicted molar refractivity (Wildman–Crippen MR) is 158 cm³/mol. The Morgan fingerprint density at radius 1 is 1.02 bits per heavy atom. The Kier molecular flexibility index (Phi) is 8.68. The number of esters is 2. The molecule has 2 N–H and O–H groups in total. The highest BCUT2D eigenvalue weighted by Crippen LogP contribution is 2.38. The number of methoxy groups -OCH3 is 1. The number of anilines is 1. The molecular formula is C31H33N3O6S. The van der Waals surface area contributed by atoms with Gasteiger partial charge in [-0.3, -0.25) is 4.79 Å². The van der Waals surface area contributed by atoms with Crippen LogP contribution in [0.2, 0.25) is 0 Å². The number of amides is 1. The Labute approximate surface area is 242 Å². The van der Waals surface area contributed by atoms with Crippen molar-refractivity contribution in [2.24, 2.45) is 0 Å². The third-order valence-electron chi connectivity index (χ3n) is 7.13. The van der Waals surface area contributed by atoms with E-state index in [2.05, 4.69) is 15.3 Å². The number of hydrogen-bond acceptors (Lipinski definition) is 8. The average Bonchev–Trinajstić information content (AvgIpc) is 3.48. The van der Waals surface area contributed by atoms with Crippen LogP contribution in [0.4, 0.5) is 5.00 Å². The number of benzene rings is 2. The summed E-state index contributed by atoms with van der Waals surface area (Å²) in [5.41, 5.74) is 3.93. The van der Waals surface area contributed by atoms with E-state index in [1.54, 1.807) is 39.2 Å². The molecule has 2 heterocycles. The summed E-state index contributed by atoms with van der Waals surface area (Å²) in [6.07, 6.45) is 4.01. The second-order valence-electron chi connectivity index (χ2n) is 9.83. The lowest BCUT2D eigenvalue weighted by molar-refractivity contribution is -0.124. The van der Waals surface area contributed by atoms with E-state index in [4.69, 9.17) is 14.2 Å². The summed E-state index contributed by atoms with van der Waals surface area (Å²) in [5, 5.41) is 3.33. The van der Waals surface area contributed by atoms with E-state index in [1.165, 1.54) is 11.3 Å². The molecule has 0 radical (unpaired) electrons. The fraction of sp³-hybridized carbons (Fsp3) is 0.355. The van der Waals surface area contributed by atoms with Crippen molar-refractivity contribution in [2.75, 3.05) is 19.0 Å². The number of H-pyrrole nitrogens is 1. The quantitative estimate of drug-likeness (QED) is 0.177. The molecular weight excluding hydrogens is 542 g/mol. The Hall–Kier alpha value is -4.18. The van der Waals surface area contributed by atoms with Crippen LogP contribution in [0, 0.1) is 0 Å². The second-order valence-corrected chi connectivity index (χ2v) is 10.9. The number of nitrogens with one attached hydrogen (secondary N) is 2. The van der Waals surface area contributed by atoms with E-state index in [9.17, 15) is 14.4 Å². The number of carbonyl (C=O) groups excluding carboxylic acids is 3. The normalized spacial score (nSPS) is 13.6. The summed E-state index contributed by atoms with van der Waals surface area (Å²) >= 11 is 1.41. The van der Waals surface area contributed by atoms with Crippen LogP contribution in [0.3, 0.4) is 0 Å². The minimum Gasteiger partial charge on any atom is -0.497 e. The maximum absolute atomic E-state index is 13.3. The van der Waals surface area contributed by atoms with Gasteiger partial charge in [-0.2, -0.15) is 0 Å². The van der Waals surface area contributed by atoms with Gasteiger partial charge in [0.25, 0.3) is 5.91 Å². The molecule has 0 aliphatic heterocycles. The zero-order chi connectivity index (χ0) is 28.9. The van der Waals surface area contributed by atoms with Crippen LogP contribution in [0.15, 0.2) is 42.5 Å². The standard InChI is InChI=1S/C31H33N3O6S/c1-4-24(28(35)34-29-26(31(37)39-5-2)21-9-7-6-8-10-25(21)41-29)40-30(36)19-13-16-22-23(17-19)33-27(32-22)18-11-14-20(38-3)15-12-18/h11-17,24H,4-10H2,1-3H3,(H,32,33)(H,34,35). The molecule has 2 aromatic carbocycles. The molecule has 1 atom stereocenters. The van der Waals surface area contributed by atoms with Crippen molar-refractivity contribution < 1.29 is 28.6 Å². The monoisotopic (exact) mass is 575 g/mol. The topological polar surface area (TPSA) is 120 Å². The van der Waals surface area contributed by atoms with Crippen LogP contribution in [0.5, 0.6) is 5.75 Å². The number of aryl methyl sites for hydroxylation is 1. The van der Waals surface area contributed by atoms with Gasteiger partial charge in [-0.15, -0.1) is 11.3 Å². The minimum atomic E-state index is -1.04. The van der Waals surface area contributed by atoms with Crippen molar-refractivity contribution in [2.45, 2.75) is 58.5 Å². The van der Waals surface area contributed by atoms with Crippen LogP contribution < -0.4 is 10.1 Å². The van der Waals surface area contributed by atoms with E-state index >= 15 is 0 Å². The Bertz CT molecular complexity index is 1570. The lowest BCUT2D eigenvalue weighted by atomic mass is 10.1. The molecule has 1 aliphatic rings. The summed E-state index contributed by atoms with van der Waals surface area (Å²) in [6.45, 7) is 3.77. The number of hydrogen-bond donors (Lipinski definition) is 2. The van der Waals surface area contributed by atoms with Crippen molar-refractivity contribution in [3.05, 3.63) is 64.0 Å². The molecule has 214 valence electrons. The molecule has 0 bridgehead atoms. The first-order chi connectivity index (χ1) is 19.9. The van der Waals surface area contributed by atoms with Crippen LogP contribution >= 0.6 is 11.3 Å². The first-order valence-corrected chi connectivity index (χ1v) is 14.7. The molecule has 41 heavy (non-hydrogen) atoms. The molecule has 4 aromatic rings. The number of ether oxygens (including phenoxy) is 3. The summed E-state index contributed by atoms with van der Waals surface area (Å²) in [7, 11) is 1.61. The summed E-state index contributed by atoms with van der Waals surface area (Å²) < 4.78 is 16.2. The van der Waals surface area contributed by atoms with Crippen LogP contribution in [0.25, 0.3) is 22.4 Å². The average molecular weight is 576 g/mol. The fourth-order valence-corrected chi connectivity index (χ4v) is 6.26. The lowest BCUT2D eigenvalue weighted by Crippen LogP contribution is -2.32. The Morgan fingerprint density at radius 3 is 2.54 bits per heavy atom. The van der Waals surface area contributed by atoms with Gasteiger partial charge in [0.05, 0.1) is 35.9 Å². The molecule has 9 nitrogen and oxygen atoms in total. The van der Waals surface area contributed by atoms with E-state index in [-0.39, 0.29) is 13.0 Å². The van der Waals surface area contributed by atoms with E-state index in [0.717, 1.165) is 53.9 Å². The van der Waals surface area contributed by atoms with Gasteiger partial charge in [0.15, 0.2) is 6.10 Å². The van der Waals surface area contributed by atoms with Gasteiger partial charge in [0.2, 0.25) is 0 Å². The molecule has 1 amide bonds. The molecule has 1 unspecified atom stereocenters. The molecule has 1 aliphatic carbocycles. The molecule has 0 fully saturated rings. The van der Waals surface area contributed by atoms with Crippen LogP contribution in [-0.2, 0) is 27.1 Å². The highest BCUT2D eigenvalue weighted by molar-refractivity contribution is 7.17. The van der Waals surface area contributed by atoms with Crippen molar-refractivity contribution >= 4 is 45.2 Å². The third kappa shape index (κ3) is 6.12. The lowest BCUT2D eigenvalue weighted by Gasteiger charge is -2.16. The first-order valence-electron chi connectivity index (χ1n) is 13.9. The molecule has 2 aromatic heterocycles. The largest absolute Gasteiger partial charge is 0.497 e. The summed E-state index contributed by atoms with van der Waals surface area (Å²) in [5.74, 6) is -0.134.